The van der Waals surface area contributed by atoms with E-state index in [4.69, 9.17) is 4.74 Å². The van der Waals surface area contributed by atoms with Gasteiger partial charge in [-0.05, 0) is 65.3 Å². The van der Waals surface area contributed by atoms with Gasteiger partial charge in [-0.25, -0.2) is 4.79 Å². The smallest absolute Gasteiger partial charge is 0.408 e. The first-order valence-corrected chi connectivity index (χ1v) is 10.4. The molecule has 2 atom stereocenters. The molecule has 2 N–H and O–H groups in total. The number of likely N-dealkylation sites (N-methyl/N-ethyl adjacent to an activating group) is 1. The number of carbonyl (C=O) groups is 1. The molecule has 1 unspecified atom stereocenters. The summed E-state index contributed by atoms with van der Waals surface area (Å²) in [6.07, 6.45) is -1.10. The van der Waals surface area contributed by atoms with E-state index in [0.717, 1.165) is 17.7 Å². The summed E-state index contributed by atoms with van der Waals surface area (Å²) in [5.41, 5.74) is 2.01. The topological polar surface area (TPSA) is 61.8 Å². The summed E-state index contributed by atoms with van der Waals surface area (Å²) in [4.78, 5) is 14.2. The predicted molar refractivity (Wildman–Crippen MR) is 121 cm³/mol. The molecule has 164 valence electrons. The van der Waals surface area contributed by atoms with Gasteiger partial charge in [-0.15, -0.1) is 0 Å². The standard InChI is InChI=1S/C25H36N2O3/c1-18(26-23(29)30-24(2,3)4)20-13-15-21(16-14-20)22(28)25(5,6)27(7)17-19-11-9-8-10-12-19/h8-16,18,22,28H,17H2,1-7H3,(H,26,29)/t18-,22?/m0/s1. The summed E-state index contributed by atoms with van der Waals surface area (Å²) in [6.45, 7) is 12.3. The van der Waals surface area contributed by atoms with Gasteiger partial charge in [-0.2, -0.15) is 0 Å². The summed E-state index contributed by atoms with van der Waals surface area (Å²) >= 11 is 0. The van der Waals surface area contributed by atoms with E-state index in [1.165, 1.54) is 5.56 Å². The fourth-order valence-corrected chi connectivity index (χ4v) is 3.21. The van der Waals surface area contributed by atoms with Crippen molar-refractivity contribution in [2.45, 2.75) is 71.4 Å². The van der Waals surface area contributed by atoms with Crippen LogP contribution in [0.4, 0.5) is 4.79 Å². The molecule has 30 heavy (non-hydrogen) atoms. The van der Waals surface area contributed by atoms with Crippen molar-refractivity contribution in [1.82, 2.24) is 10.2 Å². The van der Waals surface area contributed by atoms with Crippen LogP contribution >= 0.6 is 0 Å². The van der Waals surface area contributed by atoms with E-state index in [9.17, 15) is 9.90 Å². The molecule has 2 aromatic rings. The van der Waals surface area contributed by atoms with Crippen LogP contribution in [0, 0.1) is 0 Å². The molecule has 0 aromatic heterocycles. The normalized spacial score (nSPS) is 14.3. The zero-order valence-corrected chi connectivity index (χ0v) is 19.3. The quantitative estimate of drug-likeness (QED) is 0.655. The van der Waals surface area contributed by atoms with Crippen molar-refractivity contribution in [1.29, 1.82) is 0 Å². The van der Waals surface area contributed by atoms with Gasteiger partial charge in [0.25, 0.3) is 0 Å². The molecular formula is C25H36N2O3. The van der Waals surface area contributed by atoms with Crippen molar-refractivity contribution in [3.05, 3.63) is 71.3 Å². The van der Waals surface area contributed by atoms with Crippen molar-refractivity contribution < 1.29 is 14.6 Å². The molecule has 0 spiro atoms. The molecule has 5 nitrogen and oxygen atoms in total. The monoisotopic (exact) mass is 412 g/mol. The third-order valence-electron chi connectivity index (χ3n) is 5.40. The maximum atomic E-state index is 12.0. The Bertz CT molecular complexity index is 811. The number of benzene rings is 2. The van der Waals surface area contributed by atoms with Crippen molar-refractivity contribution in [2.75, 3.05) is 7.05 Å². The highest BCUT2D eigenvalue weighted by atomic mass is 16.6. The summed E-state index contributed by atoms with van der Waals surface area (Å²) in [6, 6.07) is 17.8. The first-order valence-electron chi connectivity index (χ1n) is 10.4. The second-order valence-corrected chi connectivity index (χ2v) is 9.43. The molecule has 1 amide bonds. The Hall–Kier alpha value is -2.37. The molecule has 2 aromatic carbocycles. The van der Waals surface area contributed by atoms with Gasteiger partial charge in [0, 0.05) is 12.1 Å². The SMILES string of the molecule is C[C@H](NC(=O)OC(C)(C)C)c1ccc(C(O)C(C)(C)N(C)Cc2ccccc2)cc1. The predicted octanol–water partition coefficient (Wildman–Crippen LogP) is 5.22. The fraction of sp³-hybridized carbons (Fsp3) is 0.480. The Morgan fingerprint density at radius 3 is 2.07 bits per heavy atom. The van der Waals surface area contributed by atoms with E-state index < -0.39 is 23.3 Å². The molecule has 0 aliphatic rings. The molecule has 0 fully saturated rings. The number of rotatable bonds is 7. The highest BCUT2D eigenvalue weighted by molar-refractivity contribution is 5.68. The van der Waals surface area contributed by atoms with Gasteiger partial charge in [-0.3, -0.25) is 4.90 Å². The molecule has 0 bridgehead atoms. The lowest BCUT2D eigenvalue weighted by Crippen LogP contribution is -2.45. The van der Waals surface area contributed by atoms with E-state index in [1.807, 2.05) is 91.1 Å². The molecule has 0 aliphatic carbocycles. The number of amides is 1. The van der Waals surface area contributed by atoms with Crippen LogP contribution in [-0.2, 0) is 11.3 Å². The van der Waals surface area contributed by atoms with Gasteiger partial charge < -0.3 is 15.2 Å². The van der Waals surface area contributed by atoms with Gasteiger partial charge in [0.05, 0.1) is 12.1 Å². The van der Waals surface area contributed by atoms with Gasteiger partial charge >= 0.3 is 6.09 Å². The van der Waals surface area contributed by atoms with Gasteiger partial charge in [-0.1, -0.05) is 54.6 Å². The third-order valence-corrected chi connectivity index (χ3v) is 5.40. The first kappa shape index (κ1) is 23.9. The molecule has 0 radical (unpaired) electrons. The number of aliphatic hydroxyl groups excluding tert-OH is 1. The molecule has 5 heteroatoms. The molecule has 0 heterocycles. The van der Waals surface area contributed by atoms with Crippen LogP contribution in [0.5, 0.6) is 0 Å². The van der Waals surface area contributed by atoms with E-state index >= 15 is 0 Å². The minimum absolute atomic E-state index is 0.195. The van der Waals surface area contributed by atoms with E-state index in [2.05, 4.69) is 22.3 Å². The summed E-state index contributed by atoms with van der Waals surface area (Å²) < 4.78 is 5.32. The number of hydrogen-bond acceptors (Lipinski definition) is 4. The Morgan fingerprint density at radius 1 is 1.00 bits per heavy atom. The first-order chi connectivity index (χ1) is 13.9. The Morgan fingerprint density at radius 2 is 1.53 bits per heavy atom. The molecule has 2 rings (SSSR count). The molecule has 0 aliphatic heterocycles. The average Bonchev–Trinajstić information content (AvgIpc) is 2.66. The Kier molecular flexibility index (Phi) is 7.67. The second kappa shape index (κ2) is 9.63. The van der Waals surface area contributed by atoms with Crippen LogP contribution in [0.2, 0.25) is 0 Å². The lowest BCUT2D eigenvalue weighted by atomic mass is 9.88. The van der Waals surface area contributed by atoms with Gasteiger partial charge in [0.1, 0.15) is 5.60 Å². The molecule has 0 saturated heterocycles. The minimum atomic E-state index is -0.658. The average molecular weight is 413 g/mol. The zero-order chi connectivity index (χ0) is 22.5. The number of nitrogens with zero attached hydrogens (tertiary/aromatic N) is 1. The van der Waals surface area contributed by atoms with Crippen molar-refractivity contribution in [2.24, 2.45) is 0 Å². The number of hydrogen-bond donors (Lipinski definition) is 2. The number of nitrogens with one attached hydrogen (secondary N) is 1. The van der Waals surface area contributed by atoms with Crippen LogP contribution < -0.4 is 5.32 Å². The summed E-state index contributed by atoms with van der Waals surface area (Å²) in [5, 5.41) is 13.9. The lowest BCUT2D eigenvalue weighted by Gasteiger charge is -2.40. The number of carbonyl (C=O) groups excluding carboxylic acids is 1. The Balaban J connectivity index is 2.04. The Labute approximate surface area is 181 Å². The number of ether oxygens (including phenoxy) is 1. The van der Waals surface area contributed by atoms with Crippen LogP contribution in [0.15, 0.2) is 54.6 Å². The van der Waals surface area contributed by atoms with Crippen molar-refractivity contribution in [3.63, 3.8) is 0 Å². The lowest BCUT2D eigenvalue weighted by molar-refractivity contribution is -0.00153. The van der Waals surface area contributed by atoms with Crippen LogP contribution in [-0.4, -0.2) is 34.3 Å². The third kappa shape index (κ3) is 6.57. The van der Waals surface area contributed by atoms with Gasteiger partial charge in [0.2, 0.25) is 0 Å². The highest BCUT2D eigenvalue weighted by Gasteiger charge is 2.33. The van der Waals surface area contributed by atoms with Crippen molar-refractivity contribution >= 4 is 6.09 Å². The van der Waals surface area contributed by atoms with Crippen LogP contribution in [0.25, 0.3) is 0 Å². The van der Waals surface area contributed by atoms with Gasteiger partial charge in [0.15, 0.2) is 0 Å². The van der Waals surface area contributed by atoms with Crippen molar-refractivity contribution in [3.8, 4) is 0 Å². The molecular weight excluding hydrogens is 376 g/mol. The summed E-state index contributed by atoms with van der Waals surface area (Å²) in [5.74, 6) is 0. The zero-order valence-electron chi connectivity index (χ0n) is 19.3. The van der Waals surface area contributed by atoms with Crippen LogP contribution in [0.1, 0.15) is 70.4 Å². The minimum Gasteiger partial charge on any atom is -0.444 e. The van der Waals surface area contributed by atoms with E-state index in [0.29, 0.717) is 0 Å². The maximum absolute atomic E-state index is 12.0. The largest absolute Gasteiger partial charge is 0.444 e. The summed E-state index contributed by atoms with van der Waals surface area (Å²) in [7, 11) is 2.03. The molecule has 0 saturated carbocycles. The van der Waals surface area contributed by atoms with E-state index in [1.54, 1.807) is 0 Å². The maximum Gasteiger partial charge on any atom is 0.408 e. The van der Waals surface area contributed by atoms with Crippen LogP contribution in [0.3, 0.4) is 0 Å². The second-order valence-electron chi connectivity index (χ2n) is 9.43. The fourth-order valence-electron chi connectivity index (χ4n) is 3.21. The number of alkyl carbamates (subject to hydrolysis) is 1. The highest BCUT2D eigenvalue weighted by Crippen LogP contribution is 2.32. The van der Waals surface area contributed by atoms with E-state index in [-0.39, 0.29) is 6.04 Å². The number of aliphatic hydroxyl groups is 1.